The van der Waals surface area contributed by atoms with Gasteiger partial charge in [-0.1, -0.05) is 18.2 Å². The molecule has 0 radical (unpaired) electrons. The van der Waals surface area contributed by atoms with E-state index in [1.54, 1.807) is 63.2 Å². The molecule has 0 amide bonds. The number of aromatic nitrogens is 4. The number of alkyl halides is 1. The molecule has 0 saturated carbocycles. The van der Waals surface area contributed by atoms with Gasteiger partial charge in [0.05, 0.1) is 19.0 Å². The number of nitrogens with two attached hydrogens (primary N) is 1. The van der Waals surface area contributed by atoms with Crippen LogP contribution < -0.4 is 15.7 Å². The molecule has 41 heavy (non-hydrogen) atoms. The van der Waals surface area contributed by atoms with Crippen molar-refractivity contribution in [3.05, 3.63) is 36.7 Å². The second-order valence-corrected chi connectivity index (χ2v) is 14.4. The molecule has 1 aromatic carbocycles. The number of ether oxygens (including phenoxy) is 2. The molecule has 3 heterocycles. The van der Waals surface area contributed by atoms with E-state index in [4.69, 9.17) is 19.7 Å². The molecular weight excluding hydrogens is 576 g/mol. The highest BCUT2D eigenvalue weighted by Gasteiger charge is 2.56. The molecular formula is C25H35FN7O6PS. The highest BCUT2D eigenvalue weighted by atomic mass is 32.7. The summed E-state index contributed by atoms with van der Waals surface area (Å²) < 4.78 is 48.3. The Kier molecular flexibility index (Phi) is 9.26. The van der Waals surface area contributed by atoms with Crippen LogP contribution in [0.4, 0.5) is 16.2 Å². The number of imidazole rings is 1. The van der Waals surface area contributed by atoms with Crippen molar-refractivity contribution in [1.29, 1.82) is 0 Å². The fraction of sp³-hybridized carbons (Fsp3) is 0.520. The molecule has 6 atom stereocenters. The number of benzene rings is 1. The van der Waals surface area contributed by atoms with Crippen LogP contribution in [0.5, 0.6) is 0 Å². The summed E-state index contributed by atoms with van der Waals surface area (Å²) in [4.78, 5) is 27.5. The quantitative estimate of drug-likeness (QED) is 0.214. The third-order valence-electron chi connectivity index (χ3n) is 6.25. The first-order valence-corrected chi connectivity index (χ1v) is 15.9. The molecule has 4 rings (SSSR count). The number of carbonyl (C=O) groups excluding carboxylic acids is 1. The van der Waals surface area contributed by atoms with E-state index in [1.165, 1.54) is 24.7 Å². The molecule has 4 N–H and O–H groups in total. The maximum Gasteiger partial charge on any atom is 0.332 e. The van der Waals surface area contributed by atoms with Crippen LogP contribution in [0.25, 0.3) is 11.2 Å². The lowest BCUT2D eigenvalue weighted by atomic mass is 9.98. The zero-order chi connectivity index (χ0) is 30.1. The molecule has 1 aliphatic heterocycles. The average Bonchev–Trinajstić information content (AvgIpc) is 3.40. The molecule has 2 aromatic heterocycles. The zero-order valence-electron chi connectivity index (χ0n) is 23.6. The van der Waals surface area contributed by atoms with Crippen LogP contribution in [0.15, 0.2) is 41.6 Å². The third kappa shape index (κ3) is 6.82. The molecule has 16 heteroatoms. The maximum absolute atomic E-state index is 16.1. The molecule has 3 aromatic rings. The molecule has 0 spiro atoms. The van der Waals surface area contributed by atoms with Crippen molar-refractivity contribution in [2.75, 3.05) is 31.3 Å². The lowest BCUT2D eigenvalue weighted by molar-refractivity contribution is -0.149. The van der Waals surface area contributed by atoms with E-state index >= 15 is 4.39 Å². The first kappa shape index (κ1) is 31.1. The Hall–Kier alpha value is -2.81. The lowest BCUT2D eigenvalue weighted by Gasteiger charge is -2.25. The summed E-state index contributed by atoms with van der Waals surface area (Å²) in [6.07, 6.45) is -3.30. The van der Waals surface area contributed by atoms with Crippen LogP contribution in [0.1, 0.15) is 33.9 Å². The summed E-state index contributed by atoms with van der Waals surface area (Å²) in [6, 6.07) is 7.81. The summed E-state index contributed by atoms with van der Waals surface area (Å²) in [5, 5.41) is 13.7. The van der Waals surface area contributed by atoms with Crippen LogP contribution in [0, 0.1) is 0 Å². The number of esters is 1. The van der Waals surface area contributed by atoms with Crippen LogP contribution >= 0.6 is 18.1 Å². The van der Waals surface area contributed by atoms with E-state index < -0.39 is 49.4 Å². The number of aliphatic hydroxyl groups excluding tert-OH is 1. The van der Waals surface area contributed by atoms with Gasteiger partial charge in [0, 0.05) is 19.0 Å². The van der Waals surface area contributed by atoms with E-state index in [1.807, 2.05) is 0 Å². The first-order chi connectivity index (χ1) is 19.2. The number of nitrogens with zero attached hydrogens (tertiary/aromatic N) is 5. The third-order valence-corrected chi connectivity index (χ3v) is 10.2. The second-order valence-electron chi connectivity index (χ2n) is 10.3. The highest BCUT2D eigenvalue weighted by Crippen LogP contribution is 2.60. The van der Waals surface area contributed by atoms with Gasteiger partial charge in [-0.25, -0.2) is 14.5 Å². The van der Waals surface area contributed by atoms with E-state index in [2.05, 4.69) is 20.0 Å². The Labute approximate surface area is 241 Å². The molecule has 1 saturated heterocycles. The molecule has 224 valence electrons. The van der Waals surface area contributed by atoms with Gasteiger partial charge in [0.1, 0.15) is 18.2 Å². The minimum atomic E-state index is -3.87. The summed E-state index contributed by atoms with van der Waals surface area (Å²) in [5.41, 5.74) is 4.15. The monoisotopic (exact) mass is 611 g/mol. The van der Waals surface area contributed by atoms with E-state index in [-0.39, 0.29) is 17.7 Å². The molecule has 0 aliphatic carbocycles. The van der Waals surface area contributed by atoms with E-state index in [0.29, 0.717) is 16.2 Å². The predicted octanol–water partition coefficient (Wildman–Crippen LogP) is 3.31. The highest BCUT2D eigenvalue weighted by molar-refractivity contribution is 8.56. The zero-order valence-corrected chi connectivity index (χ0v) is 25.3. The van der Waals surface area contributed by atoms with Crippen molar-refractivity contribution >= 4 is 47.0 Å². The van der Waals surface area contributed by atoms with Crippen LogP contribution in [0.2, 0.25) is 0 Å². The maximum atomic E-state index is 16.1. The lowest BCUT2D eigenvalue weighted by Crippen LogP contribution is -2.41. The van der Waals surface area contributed by atoms with Gasteiger partial charge in [0.25, 0.3) is 0 Å². The number of halogens is 1. The van der Waals surface area contributed by atoms with Gasteiger partial charge in [-0.3, -0.25) is 13.9 Å². The van der Waals surface area contributed by atoms with Crippen molar-refractivity contribution in [1.82, 2.24) is 24.6 Å². The van der Waals surface area contributed by atoms with Crippen LogP contribution in [-0.2, 0) is 23.4 Å². The standard InChI is InChI=1S/C25H35FN7O6PS/c1-14(2)38-22(35)15(3)31-40(36,41-16-10-8-7-9-11-16)37-12-17-19(34)25(4,26)23(39-17)33-13-28-18-20(32(5)6)29-24(27)30-21(18)33/h7-11,13-15,17,19,23,34H,12H2,1-6H3,(H,31,36)(H2,27,29,30)/t15-,17?,19+,23+,25+,40?/m0/s1. The van der Waals surface area contributed by atoms with Crippen LogP contribution in [0.3, 0.4) is 0 Å². The average molecular weight is 612 g/mol. The van der Waals surface area contributed by atoms with Crippen molar-refractivity contribution < 1.29 is 32.9 Å². The summed E-state index contributed by atoms with van der Waals surface area (Å²) >= 11 is 0.879. The van der Waals surface area contributed by atoms with Gasteiger partial charge in [-0.2, -0.15) is 9.97 Å². The summed E-state index contributed by atoms with van der Waals surface area (Å²) in [5.74, 6) is -0.228. The van der Waals surface area contributed by atoms with Gasteiger partial charge in [0.2, 0.25) is 5.95 Å². The first-order valence-electron chi connectivity index (χ1n) is 12.9. The number of nitrogens with one attached hydrogen (secondary N) is 1. The summed E-state index contributed by atoms with van der Waals surface area (Å²) in [6.45, 7) is 1.77. The smallest absolute Gasteiger partial charge is 0.332 e. The SMILES string of the molecule is CC(C)OC(=O)[C@H](C)NP(=O)(OCC1O[C@@H](n2cnc3c(N(C)C)nc(N)nc32)[C@](C)(F)[C@@H]1O)Sc1ccccc1. The van der Waals surface area contributed by atoms with Crippen molar-refractivity contribution in [2.24, 2.45) is 0 Å². The Morgan fingerprint density at radius 1 is 1.32 bits per heavy atom. The Morgan fingerprint density at radius 2 is 2.00 bits per heavy atom. The summed E-state index contributed by atoms with van der Waals surface area (Å²) in [7, 11) is 3.51. The normalized spacial score (nSPS) is 24.9. The minimum Gasteiger partial charge on any atom is -0.462 e. The minimum absolute atomic E-state index is 0.0444. The van der Waals surface area contributed by atoms with Crippen LogP contribution in [-0.4, -0.2) is 81.3 Å². The number of hydrogen-bond acceptors (Lipinski definition) is 12. The number of fused-ring (bicyclic) bond motifs is 1. The van der Waals surface area contributed by atoms with E-state index in [0.717, 1.165) is 11.4 Å². The molecule has 13 nitrogen and oxygen atoms in total. The molecule has 0 bridgehead atoms. The van der Waals surface area contributed by atoms with Gasteiger partial charge < -0.3 is 29.7 Å². The van der Waals surface area contributed by atoms with Crippen molar-refractivity contribution in [2.45, 2.75) is 68.8 Å². The van der Waals surface area contributed by atoms with Gasteiger partial charge >= 0.3 is 12.7 Å². The van der Waals surface area contributed by atoms with Gasteiger partial charge in [0.15, 0.2) is 28.9 Å². The molecule has 1 aliphatic rings. The number of nitrogen functional groups attached to an aromatic ring is 1. The fourth-order valence-corrected chi connectivity index (χ4v) is 8.09. The number of aliphatic hydroxyl groups is 1. The number of carbonyl (C=O) groups is 1. The predicted molar refractivity (Wildman–Crippen MR) is 153 cm³/mol. The van der Waals surface area contributed by atoms with Crippen molar-refractivity contribution in [3.63, 3.8) is 0 Å². The molecule has 2 unspecified atom stereocenters. The van der Waals surface area contributed by atoms with Gasteiger partial charge in [-0.15, -0.1) is 0 Å². The number of anilines is 2. The topological polar surface area (TPSA) is 167 Å². The Morgan fingerprint density at radius 3 is 2.63 bits per heavy atom. The van der Waals surface area contributed by atoms with Crippen molar-refractivity contribution in [3.8, 4) is 0 Å². The second kappa shape index (κ2) is 12.2. The van der Waals surface area contributed by atoms with E-state index in [9.17, 15) is 14.5 Å². The number of hydrogen-bond donors (Lipinski definition) is 3. The Bertz CT molecular complexity index is 1430. The van der Waals surface area contributed by atoms with Gasteiger partial charge in [-0.05, 0) is 51.2 Å². The molecule has 1 fully saturated rings. The number of rotatable bonds is 11. The fourth-order valence-electron chi connectivity index (χ4n) is 4.26. The largest absolute Gasteiger partial charge is 0.462 e. The Balaban J connectivity index is 1.57.